The molecule has 0 unspecified atom stereocenters. The van der Waals surface area contributed by atoms with Gasteiger partial charge in [-0.15, -0.1) is 0 Å². The van der Waals surface area contributed by atoms with Gasteiger partial charge in [-0.05, 0) is 38.7 Å². The third-order valence-corrected chi connectivity index (χ3v) is 4.27. The third kappa shape index (κ3) is 6.42. The average Bonchev–Trinajstić information content (AvgIpc) is 2.34. The lowest BCUT2D eigenvalue weighted by Gasteiger charge is -2.10. The molecular formula is C13H21N3O2S2. The van der Waals surface area contributed by atoms with Crippen molar-refractivity contribution in [3.05, 3.63) is 35.4 Å². The van der Waals surface area contributed by atoms with Crippen LogP contribution in [0.4, 0.5) is 0 Å². The van der Waals surface area contributed by atoms with Gasteiger partial charge in [0.15, 0.2) is 0 Å². The van der Waals surface area contributed by atoms with E-state index in [-0.39, 0.29) is 10.7 Å². The Kier molecular flexibility index (Phi) is 6.54. The summed E-state index contributed by atoms with van der Waals surface area (Å²) in [5.41, 5.74) is 6.89. The standard InChI is InChI=1S/C13H21N3O2S2/c1-16(2)8-4-7-15-20(17,18)10-11-5-3-6-12(9-11)13(14)19/h3,5-6,9,15H,4,7-8,10H2,1-2H3,(H2,14,19). The molecule has 0 aromatic heterocycles. The number of nitrogens with zero attached hydrogens (tertiary/aromatic N) is 1. The fraction of sp³-hybridized carbons (Fsp3) is 0.462. The van der Waals surface area contributed by atoms with E-state index in [9.17, 15) is 8.42 Å². The zero-order chi connectivity index (χ0) is 15.2. The first kappa shape index (κ1) is 17.0. The smallest absolute Gasteiger partial charge is 0.215 e. The molecule has 0 saturated heterocycles. The van der Waals surface area contributed by atoms with Gasteiger partial charge >= 0.3 is 0 Å². The van der Waals surface area contributed by atoms with Crippen molar-refractivity contribution in [3.63, 3.8) is 0 Å². The third-order valence-electron chi connectivity index (χ3n) is 2.67. The van der Waals surface area contributed by atoms with Crippen LogP contribution in [0.1, 0.15) is 17.5 Å². The van der Waals surface area contributed by atoms with Crippen LogP contribution in [0.5, 0.6) is 0 Å². The van der Waals surface area contributed by atoms with E-state index in [2.05, 4.69) is 4.72 Å². The van der Waals surface area contributed by atoms with Crippen LogP contribution in [0, 0.1) is 0 Å². The van der Waals surface area contributed by atoms with E-state index in [4.69, 9.17) is 18.0 Å². The van der Waals surface area contributed by atoms with Crippen molar-refractivity contribution in [1.82, 2.24) is 9.62 Å². The predicted octanol–water partition coefficient (Wildman–Crippen LogP) is 0.692. The highest BCUT2D eigenvalue weighted by Crippen LogP contribution is 2.08. The maximum absolute atomic E-state index is 11.9. The summed E-state index contributed by atoms with van der Waals surface area (Å²) in [6.45, 7) is 1.29. The van der Waals surface area contributed by atoms with Gasteiger partial charge in [0.25, 0.3) is 0 Å². The van der Waals surface area contributed by atoms with Crippen LogP contribution >= 0.6 is 12.2 Å². The highest BCUT2D eigenvalue weighted by molar-refractivity contribution is 7.88. The van der Waals surface area contributed by atoms with Crippen molar-refractivity contribution in [2.24, 2.45) is 5.73 Å². The highest BCUT2D eigenvalue weighted by Gasteiger charge is 2.11. The molecule has 0 atom stereocenters. The van der Waals surface area contributed by atoms with Crippen molar-refractivity contribution in [2.75, 3.05) is 27.2 Å². The van der Waals surface area contributed by atoms with Crippen LogP contribution in [0.3, 0.4) is 0 Å². The molecule has 1 aromatic carbocycles. The van der Waals surface area contributed by atoms with E-state index in [0.29, 0.717) is 17.7 Å². The van der Waals surface area contributed by atoms with Gasteiger partial charge in [-0.3, -0.25) is 0 Å². The van der Waals surface area contributed by atoms with Gasteiger partial charge < -0.3 is 10.6 Å². The van der Waals surface area contributed by atoms with Crippen LogP contribution in [-0.2, 0) is 15.8 Å². The van der Waals surface area contributed by atoms with Gasteiger partial charge in [-0.25, -0.2) is 13.1 Å². The summed E-state index contributed by atoms with van der Waals surface area (Å²) in [7, 11) is 0.581. The second-order valence-corrected chi connectivity index (χ2v) is 7.12. The summed E-state index contributed by atoms with van der Waals surface area (Å²) in [4.78, 5) is 2.28. The Hall–Kier alpha value is -1.02. The highest BCUT2D eigenvalue weighted by atomic mass is 32.2. The molecular weight excluding hydrogens is 294 g/mol. The molecule has 7 heteroatoms. The molecule has 0 radical (unpaired) electrons. The van der Waals surface area contributed by atoms with Crippen molar-refractivity contribution in [3.8, 4) is 0 Å². The lowest BCUT2D eigenvalue weighted by molar-refractivity contribution is 0.400. The fourth-order valence-corrected chi connectivity index (χ4v) is 3.01. The predicted molar refractivity (Wildman–Crippen MR) is 86.1 cm³/mol. The first-order valence-electron chi connectivity index (χ1n) is 6.31. The van der Waals surface area contributed by atoms with Crippen molar-refractivity contribution >= 4 is 27.2 Å². The quantitative estimate of drug-likeness (QED) is 0.545. The number of nitrogens with two attached hydrogens (primary N) is 1. The number of thiocarbonyl (C=S) groups is 1. The average molecular weight is 315 g/mol. The van der Waals surface area contributed by atoms with Crippen LogP contribution in [0.2, 0.25) is 0 Å². The molecule has 5 nitrogen and oxygen atoms in total. The largest absolute Gasteiger partial charge is 0.389 e. The summed E-state index contributed by atoms with van der Waals surface area (Å²) in [6.07, 6.45) is 0.777. The number of nitrogens with one attached hydrogen (secondary N) is 1. The Morgan fingerprint density at radius 2 is 2.10 bits per heavy atom. The maximum Gasteiger partial charge on any atom is 0.215 e. The maximum atomic E-state index is 11.9. The van der Waals surface area contributed by atoms with Crippen LogP contribution in [0.25, 0.3) is 0 Å². The SMILES string of the molecule is CN(C)CCCNS(=O)(=O)Cc1cccc(C(N)=S)c1. The minimum Gasteiger partial charge on any atom is -0.389 e. The summed E-state index contributed by atoms with van der Waals surface area (Å²) in [5, 5.41) is 0. The normalized spacial score (nSPS) is 11.8. The van der Waals surface area contributed by atoms with Crippen molar-refractivity contribution in [2.45, 2.75) is 12.2 Å². The molecule has 0 aliphatic carbocycles. The number of sulfonamides is 1. The molecule has 0 spiro atoms. The summed E-state index contributed by atoms with van der Waals surface area (Å²) >= 11 is 4.88. The monoisotopic (exact) mass is 315 g/mol. The minimum atomic E-state index is -3.33. The molecule has 0 aliphatic rings. The topological polar surface area (TPSA) is 75.4 Å². The molecule has 20 heavy (non-hydrogen) atoms. The zero-order valence-corrected chi connectivity index (χ0v) is 13.4. The molecule has 1 rings (SSSR count). The van der Waals surface area contributed by atoms with E-state index in [0.717, 1.165) is 13.0 Å². The first-order chi connectivity index (χ1) is 9.30. The van der Waals surface area contributed by atoms with Crippen LogP contribution in [0.15, 0.2) is 24.3 Å². The van der Waals surface area contributed by atoms with Crippen LogP contribution in [-0.4, -0.2) is 45.5 Å². The first-order valence-corrected chi connectivity index (χ1v) is 8.37. The van der Waals surface area contributed by atoms with Crippen LogP contribution < -0.4 is 10.5 Å². The van der Waals surface area contributed by atoms with Crippen molar-refractivity contribution < 1.29 is 8.42 Å². The number of rotatable bonds is 8. The van der Waals surface area contributed by atoms with E-state index >= 15 is 0 Å². The Labute approximate surface area is 126 Å². The Bertz CT molecular complexity index is 556. The zero-order valence-electron chi connectivity index (χ0n) is 11.8. The van der Waals surface area contributed by atoms with E-state index < -0.39 is 10.0 Å². The Morgan fingerprint density at radius 3 is 2.70 bits per heavy atom. The van der Waals surface area contributed by atoms with E-state index in [1.54, 1.807) is 24.3 Å². The fourth-order valence-electron chi connectivity index (χ4n) is 1.71. The number of hydrogen-bond acceptors (Lipinski definition) is 4. The summed E-state index contributed by atoms with van der Waals surface area (Å²) in [5.74, 6) is -0.0641. The molecule has 0 fully saturated rings. The van der Waals surface area contributed by atoms with Gasteiger partial charge in [0.05, 0.1) is 5.75 Å². The molecule has 0 heterocycles. The van der Waals surface area contributed by atoms with Gasteiger partial charge in [0, 0.05) is 12.1 Å². The lowest BCUT2D eigenvalue weighted by atomic mass is 10.1. The Morgan fingerprint density at radius 1 is 1.40 bits per heavy atom. The van der Waals surface area contributed by atoms with Gasteiger partial charge in [-0.2, -0.15) is 0 Å². The number of benzene rings is 1. The Balaban J connectivity index is 2.57. The molecule has 0 bridgehead atoms. The molecule has 1 aromatic rings. The second-order valence-electron chi connectivity index (χ2n) is 4.87. The van der Waals surface area contributed by atoms with Crippen molar-refractivity contribution in [1.29, 1.82) is 0 Å². The van der Waals surface area contributed by atoms with E-state index in [1.807, 2.05) is 19.0 Å². The van der Waals surface area contributed by atoms with E-state index in [1.165, 1.54) is 0 Å². The molecule has 0 aliphatic heterocycles. The second kappa shape index (κ2) is 7.68. The van der Waals surface area contributed by atoms with Gasteiger partial charge in [0.2, 0.25) is 10.0 Å². The molecule has 0 amide bonds. The summed E-state index contributed by atoms with van der Waals surface area (Å²) < 4.78 is 26.5. The molecule has 0 saturated carbocycles. The van der Waals surface area contributed by atoms with Gasteiger partial charge in [-0.1, -0.05) is 30.4 Å². The molecule has 3 N–H and O–H groups in total. The minimum absolute atomic E-state index is 0.0641. The number of hydrogen-bond donors (Lipinski definition) is 2. The van der Waals surface area contributed by atoms with Gasteiger partial charge in [0.1, 0.15) is 4.99 Å². The lowest BCUT2D eigenvalue weighted by Crippen LogP contribution is -2.28. The molecule has 112 valence electrons. The summed E-state index contributed by atoms with van der Waals surface area (Å²) in [6, 6.07) is 6.98.